The molecule has 0 aromatic heterocycles. The van der Waals surface area contributed by atoms with Crippen molar-refractivity contribution in [1.82, 2.24) is 0 Å². The third-order valence-electron chi connectivity index (χ3n) is 4.42. The molecule has 156 valence electrons. The fraction of sp³-hybridized carbons (Fsp3) is 0.316. The summed E-state index contributed by atoms with van der Waals surface area (Å²) in [5.41, 5.74) is -0.498. The van der Waals surface area contributed by atoms with Gasteiger partial charge in [0, 0.05) is 23.8 Å². The molecule has 0 radical (unpaired) electrons. The zero-order valence-corrected chi connectivity index (χ0v) is 15.2. The average molecular weight is 408 g/mol. The Labute approximate surface area is 164 Å². The van der Waals surface area contributed by atoms with Crippen LogP contribution in [-0.4, -0.2) is 74.7 Å². The molecular weight excluding hydrogens is 388 g/mol. The first-order valence-corrected chi connectivity index (χ1v) is 8.53. The average Bonchev–Trinajstić information content (AvgIpc) is 2.94. The second-order valence-electron chi connectivity index (χ2n) is 6.41. The van der Waals surface area contributed by atoms with Gasteiger partial charge in [0.15, 0.2) is 0 Å². The smallest absolute Gasteiger partial charge is 0.229 e. The highest BCUT2D eigenvalue weighted by Crippen LogP contribution is 2.38. The van der Waals surface area contributed by atoms with Crippen molar-refractivity contribution in [3.8, 4) is 28.7 Å². The molecule has 1 aliphatic heterocycles. The summed E-state index contributed by atoms with van der Waals surface area (Å²) in [5, 5.41) is 58.8. The van der Waals surface area contributed by atoms with Crippen molar-refractivity contribution in [3.05, 3.63) is 41.5 Å². The van der Waals surface area contributed by atoms with E-state index in [2.05, 4.69) is 0 Å². The number of hydrogen-bond donors (Lipinski definition) is 6. The van der Waals surface area contributed by atoms with Crippen molar-refractivity contribution in [2.45, 2.75) is 24.6 Å². The van der Waals surface area contributed by atoms with E-state index in [0.29, 0.717) is 0 Å². The van der Waals surface area contributed by atoms with Crippen molar-refractivity contribution in [2.24, 2.45) is 0 Å². The topological polar surface area (TPSA) is 166 Å². The van der Waals surface area contributed by atoms with Gasteiger partial charge in [-0.25, -0.2) is 0 Å². The van der Waals surface area contributed by atoms with Gasteiger partial charge in [-0.15, -0.1) is 0 Å². The Morgan fingerprint density at radius 1 is 1.03 bits per heavy atom. The van der Waals surface area contributed by atoms with Gasteiger partial charge in [0.25, 0.3) is 0 Å². The first kappa shape index (κ1) is 20.7. The Hall–Kier alpha value is -3.05. The van der Waals surface area contributed by atoms with Crippen molar-refractivity contribution in [2.75, 3.05) is 13.7 Å². The maximum atomic E-state index is 12.9. The van der Waals surface area contributed by atoms with Crippen LogP contribution in [0.2, 0.25) is 0 Å². The third kappa shape index (κ3) is 4.05. The highest BCUT2D eigenvalue weighted by atomic mass is 16.7. The zero-order chi connectivity index (χ0) is 21.3. The van der Waals surface area contributed by atoms with Crippen LogP contribution in [-0.2, 0) is 4.74 Å². The van der Waals surface area contributed by atoms with Crippen LogP contribution in [0.25, 0.3) is 0 Å². The normalized spacial score (nSPS) is 23.7. The summed E-state index contributed by atoms with van der Waals surface area (Å²) < 4.78 is 15.8. The molecule has 0 bridgehead atoms. The summed E-state index contributed by atoms with van der Waals surface area (Å²) in [7, 11) is 1.32. The first-order valence-electron chi connectivity index (χ1n) is 8.53. The summed E-state index contributed by atoms with van der Waals surface area (Å²) >= 11 is 0. The molecule has 1 saturated heterocycles. The van der Waals surface area contributed by atoms with Crippen molar-refractivity contribution in [3.63, 3.8) is 0 Å². The van der Waals surface area contributed by atoms with Crippen LogP contribution in [0.5, 0.6) is 28.7 Å². The molecule has 0 saturated carbocycles. The van der Waals surface area contributed by atoms with Crippen molar-refractivity contribution in [1.29, 1.82) is 0 Å². The maximum Gasteiger partial charge on any atom is 0.229 e. The van der Waals surface area contributed by atoms with Crippen LogP contribution in [0.15, 0.2) is 30.3 Å². The molecular formula is C19H20O10. The number of ketones is 1. The van der Waals surface area contributed by atoms with Gasteiger partial charge in [-0.3, -0.25) is 4.79 Å². The van der Waals surface area contributed by atoms with Crippen molar-refractivity contribution >= 4 is 5.78 Å². The van der Waals surface area contributed by atoms with E-state index >= 15 is 0 Å². The van der Waals surface area contributed by atoms with E-state index in [1.807, 2.05) is 0 Å². The van der Waals surface area contributed by atoms with Gasteiger partial charge in [0.2, 0.25) is 12.1 Å². The number of phenolic OH excluding ortho intramolecular Hbond substituents is 3. The quantitative estimate of drug-likeness (QED) is 0.354. The molecule has 6 N–H and O–H groups in total. The van der Waals surface area contributed by atoms with E-state index in [1.54, 1.807) is 0 Å². The summed E-state index contributed by atoms with van der Waals surface area (Å²) in [4.78, 5) is 12.9. The zero-order valence-electron chi connectivity index (χ0n) is 15.2. The standard InChI is InChI=1S/C19H20O10/c1-27-11-5-12(23)15(16(24)8-2-9(21)4-10(22)3-8)13(6-11)28-19-18(26)17(25)14(7-20)29-19/h2-6,14,17-23,25-26H,7H2,1H3/t14-,17+,18+,19+/m0/s1. The number of rotatable bonds is 6. The Bertz CT molecular complexity index is 892. The summed E-state index contributed by atoms with van der Waals surface area (Å²) in [6.45, 7) is -0.574. The number of methoxy groups -OCH3 is 1. The molecule has 0 aliphatic carbocycles. The second kappa shape index (κ2) is 8.13. The van der Waals surface area contributed by atoms with Gasteiger partial charge < -0.3 is 44.8 Å². The van der Waals surface area contributed by atoms with E-state index < -0.39 is 42.7 Å². The van der Waals surface area contributed by atoms with Gasteiger partial charge >= 0.3 is 0 Å². The van der Waals surface area contributed by atoms with Gasteiger partial charge in [-0.1, -0.05) is 0 Å². The molecule has 0 spiro atoms. The molecule has 1 fully saturated rings. The number of aromatic hydroxyl groups is 3. The van der Waals surface area contributed by atoms with E-state index in [0.717, 1.165) is 24.3 Å². The highest BCUT2D eigenvalue weighted by molar-refractivity contribution is 6.13. The molecule has 10 heteroatoms. The van der Waals surface area contributed by atoms with Gasteiger partial charge in [-0.2, -0.15) is 0 Å². The Morgan fingerprint density at radius 2 is 1.69 bits per heavy atom. The number of aliphatic hydroxyl groups is 3. The fourth-order valence-corrected chi connectivity index (χ4v) is 2.97. The molecule has 0 amide bonds. The summed E-state index contributed by atoms with van der Waals surface area (Å²) in [6.07, 6.45) is -5.51. The number of phenols is 3. The van der Waals surface area contributed by atoms with Crippen LogP contribution in [0, 0.1) is 0 Å². The van der Waals surface area contributed by atoms with E-state index in [-0.39, 0.29) is 34.1 Å². The van der Waals surface area contributed by atoms with Gasteiger partial charge in [-0.05, 0) is 12.1 Å². The minimum atomic E-state index is -1.53. The molecule has 4 atom stereocenters. The summed E-state index contributed by atoms with van der Waals surface area (Å²) in [6, 6.07) is 5.61. The minimum Gasteiger partial charge on any atom is -0.508 e. The molecule has 2 aromatic carbocycles. The Kier molecular flexibility index (Phi) is 5.80. The van der Waals surface area contributed by atoms with Crippen molar-refractivity contribution < 1.29 is 49.6 Å². The molecule has 29 heavy (non-hydrogen) atoms. The number of benzene rings is 2. The largest absolute Gasteiger partial charge is 0.508 e. The molecule has 1 aliphatic rings. The number of carbonyl (C=O) groups is 1. The Morgan fingerprint density at radius 3 is 2.24 bits per heavy atom. The first-order chi connectivity index (χ1) is 13.7. The Balaban J connectivity index is 2.02. The third-order valence-corrected chi connectivity index (χ3v) is 4.42. The predicted molar refractivity (Wildman–Crippen MR) is 96.3 cm³/mol. The SMILES string of the molecule is COc1cc(O)c(C(=O)c2cc(O)cc(O)c2)c(O[C@@H]2O[C@@H](CO)[C@@H](O)[C@H]2O)c1. The minimum absolute atomic E-state index is 0.125. The molecule has 1 heterocycles. The lowest BCUT2D eigenvalue weighted by Crippen LogP contribution is -2.35. The number of hydrogen-bond acceptors (Lipinski definition) is 10. The van der Waals surface area contributed by atoms with Crippen LogP contribution in [0.1, 0.15) is 15.9 Å². The lowest BCUT2D eigenvalue weighted by molar-refractivity contribution is -0.116. The second-order valence-corrected chi connectivity index (χ2v) is 6.41. The lowest BCUT2D eigenvalue weighted by atomic mass is 10.0. The fourth-order valence-electron chi connectivity index (χ4n) is 2.97. The van der Waals surface area contributed by atoms with E-state index in [1.165, 1.54) is 13.2 Å². The highest BCUT2D eigenvalue weighted by Gasteiger charge is 2.44. The van der Waals surface area contributed by atoms with Crippen LogP contribution in [0.4, 0.5) is 0 Å². The number of carbonyl (C=O) groups excluding carboxylic acids is 1. The number of aliphatic hydroxyl groups excluding tert-OH is 3. The molecule has 3 rings (SSSR count). The maximum absolute atomic E-state index is 12.9. The van der Waals surface area contributed by atoms with Crippen LogP contribution < -0.4 is 9.47 Å². The molecule has 10 nitrogen and oxygen atoms in total. The molecule has 2 aromatic rings. The monoisotopic (exact) mass is 408 g/mol. The number of ether oxygens (including phenoxy) is 3. The van der Waals surface area contributed by atoms with E-state index in [9.17, 15) is 35.4 Å². The van der Waals surface area contributed by atoms with Crippen LogP contribution in [0.3, 0.4) is 0 Å². The predicted octanol–water partition coefficient (Wildman–Crippen LogP) is -0.139. The van der Waals surface area contributed by atoms with Gasteiger partial charge in [0.05, 0.1) is 13.7 Å². The lowest BCUT2D eigenvalue weighted by Gasteiger charge is -2.20. The van der Waals surface area contributed by atoms with Crippen LogP contribution >= 0.6 is 0 Å². The molecule has 0 unspecified atom stereocenters. The summed E-state index contributed by atoms with van der Waals surface area (Å²) in [5.74, 6) is -2.19. The van der Waals surface area contributed by atoms with E-state index in [4.69, 9.17) is 14.2 Å². The van der Waals surface area contributed by atoms with Gasteiger partial charge in [0.1, 0.15) is 52.6 Å².